The van der Waals surface area contributed by atoms with Gasteiger partial charge in [0.1, 0.15) is 11.2 Å². The van der Waals surface area contributed by atoms with Crippen molar-refractivity contribution in [2.45, 2.75) is 19.3 Å². The summed E-state index contributed by atoms with van der Waals surface area (Å²) in [5.74, 6) is 1.89. The molecule has 0 radical (unpaired) electrons. The van der Waals surface area contributed by atoms with Crippen LogP contribution in [0.3, 0.4) is 0 Å². The third-order valence-corrected chi connectivity index (χ3v) is 12.1. The molecule has 3 aromatic heterocycles. The Morgan fingerprint density at radius 3 is 1.94 bits per heavy atom. The second-order valence-electron chi connectivity index (χ2n) is 14.4. The largest absolute Gasteiger partial charge is 0.456 e. The van der Waals surface area contributed by atoms with E-state index in [1.807, 2.05) is 30.3 Å². The van der Waals surface area contributed by atoms with Crippen LogP contribution in [0.25, 0.3) is 98.5 Å². The summed E-state index contributed by atoms with van der Waals surface area (Å²) in [5.41, 5.74) is 12.1. The first-order chi connectivity index (χ1) is 26.0. The van der Waals surface area contributed by atoms with E-state index in [9.17, 15) is 0 Å². The average Bonchev–Trinajstić information content (AvgIpc) is 3.85. The molecule has 0 N–H and O–H groups in total. The summed E-state index contributed by atoms with van der Waals surface area (Å²) in [7, 11) is 0. The number of hydrogen-bond acceptors (Lipinski definition) is 5. The van der Waals surface area contributed by atoms with Crippen LogP contribution in [-0.2, 0) is 5.41 Å². The highest BCUT2D eigenvalue weighted by atomic mass is 32.1. The Hall–Kier alpha value is -6.43. The van der Waals surface area contributed by atoms with Gasteiger partial charge in [-0.3, -0.25) is 0 Å². The molecule has 0 amide bonds. The number of furan rings is 1. The number of fused-ring (bicyclic) bond motifs is 9. The van der Waals surface area contributed by atoms with Crippen LogP contribution < -0.4 is 0 Å². The van der Waals surface area contributed by atoms with Crippen molar-refractivity contribution in [1.29, 1.82) is 0 Å². The minimum Gasteiger partial charge on any atom is -0.456 e. The SMILES string of the molecule is CC1(C)c2ccccc2-c2cc(-c3ccc4oc5cccc(-c6nc(-c7ccccc7)nc(-c7cccc8sc9ccccc9c78)n6)c5c4c3)ccc21. The molecule has 7 aromatic carbocycles. The van der Waals surface area contributed by atoms with E-state index in [4.69, 9.17) is 19.4 Å². The maximum absolute atomic E-state index is 6.51. The van der Waals surface area contributed by atoms with Crippen molar-refractivity contribution in [3.8, 4) is 56.4 Å². The van der Waals surface area contributed by atoms with Crippen LogP contribution >= 0.6 is 11.3 Å². The number of nitrogens with zero attached hydrogens (tertiary/aromatic N) is 3. The Morgan fingerprint density at radius 1 is 0.434 bits per heavy atom. The monoisotopic (exact) mass is 697 g/mol. The van der Waals surface area contributed by atoms with Gasteiger partial charge in [-0.2, -0.15) is 0 Å². The zero-order valence-electron chi connectivity index (χ0n) is 29.1. The number of hydrogen-bond donors (Lipinski definition) is 0. The van der Waals surface area contributed by atoms with Crippen molar-refractivity contribution >= 4 is 53.4 Å². The fraction of sp³-hybridized carbons (Fsp3) is 0.0625. The molecule has 11 rings (SSSR count). The Kier molecular flexibility index (Phi) is 6.43. The van der Waals surface area contributed by atoms with Gasteiger partial charge in [0.2, 0.25) is 0 Å². The van der Waals surface area contributed by atoms with Crippen LogP contribution in [0, 0.1) is 0 Å². The summed E-state index contributed by atoms with van der Waals surface area (Å²) in [5, 5.41) is 4.40. The zero-order valence-corrected chi connectivity index (χ0v) is 29.9. The summed E-state index contributed by atoms with van der Waals surface area (Å²) in [6, 6.07) is 53.5. The fourth-order valence-corrected chi connectivity index (χ4v) is 9.52. The molecule has 0 spiro atoms. The fourth-order valence-electron chi connectivity index (χ4n) is 8.39. The molecule has 5 heteroatoms. The van der Waals surface area contributed by atoms with E-state index in [0.717, 1.165) is 44.2 Å². The van der Waals surface area contributed by atoms with Gasteiger partial charge in [0.15, 0.2) is 17.5 Å². The molecular weight excluding hydrogens is 667 g/mol. The van der Waals surface area contributed by atoms with E-state index in [1.54, 1.807) is 11.3 Å². The summed E-state index contributed by atoms with van der Waals surface area (Å²) < 4.78 is 8.96. The first-order valence-electron chi connectivity index (χ1n) is 17.9. The number of benzene rings is 7. The van der Waals surface area contributed by atoms with Crippen molar-refractivity contribution in [1.82, 2.24) is 15.0 Å². The van der Waals surface area contributed by atoms with E-state index in [-0.39, 0.29) is 5.41 Å². The molecule has 1 aliphatic rings. The molecule has 0 atom stereocenters. The van der Waals surface area contributed by atoms with Gasteiger partial charge in [-0.05, 0) is 69.8 Å². The predicted molar refractivity (Wildman–Crippen MR) is 219 cm³/mol. The van der Waals surface area contributed by atoms with E-state index >= 15 is 0 Å². The second kappa shape index (κ2) is 11.3. The molecule has 0 saturated heterocycles. The lowest BCUT2D eigenvalue weighted by molar-refractivity contribution is 0.660. The Morgan fingerprint density at radius 2 is 1.08 bits per heavy atom. The normalized spacial score (nSPS) is 13.2. The van der Waals surface area contributed by atoms with Crippen molar-refractivity contribution in [2.75, 3.05) is 0 Å². The van der Waals surface area contributed by atoms with Crippen molar-refractivity contribution < 1.29 is 4.42 Å². The molecule has 0 unspecified atom stereocenters. The Labute approximate surface area is 310 Å². The predicted octanol–water partition coefficient (Wildman–Crippen LogP) is 13.1. The third kappa shape index (κ3) is 4.57. The van der Waals surface area contributed by atoms with E-state index in [1.165, 1.54) is 48.0 Å². The third-order valence-electron chi connectivity index (χ3n) is 11.0. The zero-order chi connectivity index (χ0) is 35.3. The van der Waals surface area contributed by atoms with Crippen LogP contribution in [-0.4, -0.2) is 15.0 Å². The lowest BCUT2D eigenvalue weighted by Crippen LogP contribution is -2.14. The van der Waals surface area contributed by atoms with Crippen molar-refractivity contribution in [3.63, 3.8) is 0 Å². The number of thiophene rings is 1. The van der Waals surface area contributed by atoms with Gasteiger partial charge >= 0.3 is 0 Å². The highest BCUT2D eigenvalue weighted by molar-refractivity contribution is 7.25. The van der Waals surface area contributed by atoms with Crippen LogP contribution in [0.4, 0.5) is 0 Å². The number of aromatic nitrogens is 3. The molecular formula is C48H31N3OS. The average molecular weight is 698 g/mol. The van der Waals surface area contributed by atoms with Crippen molar-refractivity contribution in [2.24, 2.45) is 0 Å². The molecule has 3 heterocycles. The first-order valence-corrected chi connectivity index (χ1v) is 18.8. The molecule has 1 aliphatic carbocycles. The standard InChI is InChI=1S/C48H31N3OS/c1-48(2)37-18-8-6-14-31(37)35-26-29(22-24-38(35)48)30-23-25-39-36(27-30)43-33(16-10-19-40(43)52-39)46-49-45(28-12-4-3-5-13-28)50-47(51-46)34-17-11-21-42-44(34)32-15-7-9-20-41(32)53-42/h3-27H,1-2H3. The molecule has 0 bridgehead atoms. The molecule has 0 fully saturated rings. The highest BCUT2D eigenvalue weighted by Gasteiger charge is 2.35. The minimum atomic E-state index is -0.0336. The smallest absolute Gasteiger partial charge is 0.164 e. The minimum absolute atomic E-state index is 0.0336. The summed E-state index contributed by atoms with van der Waals surface area (Å²) in [6.45, 7) is 4.64. The van der Waals surface area contributed by atoms with Gasteiger partial charge in [-0.1, -0.05) is 129 Å². The van der Waals surface area contributed by atoms with Gasteiger partial charge in [0, 0.05) is 53.1 Å². The van der Waals surface area contributed by atoms with Gasteiger partial charge in [-0.25, -0.2) is 15.0 Å². The van der Waals surface area contributed by atoms with E-state index in [2.05, 4.69) is 135 Å². The molecule has 0 saturated carbocycles. The topological polar surface area (TPSA) is 51.8 Å². The van der Waals surface area contributed by atoms with Crippen LogP contribution in [0.15, 0.2) is 156 Å². The Balaban J connectivity index is 1.12. The van der Waals surface area contributed by atoms with E-state index < -0.39 is 0 Å². The molecule has 0 aliphatic heterocycles. The lowest BCUT2D eigenvalue weighted by atomic mass is 9.82. The maximum atomic E-state index is 6.51. The quantitative estimate of drug-likeness (QED) is 0.184. The summed E-state index contributed by atoms with van der Waals surface area (Å²) in [6.07, 6.45) is 0. The van der Waals surface area contributed by atoms with Crippen LogP contribution in [0.2, 0.25) is 0 Å². The van der Waals surface area contributed by atoms with Crippen LogP contribution in [0.1, 0.15) is 25.0 Å². The van der Waals surface area contributed by atoms with Gasteiger partial charge < -0.3 is 4.42 Å². The van der Waals surface area contributed by atoms with Crippen molar-refractivity contribution in [3.05, 3.63) is 163 Å². The van der Waals surface area contributed by atoms with Gasteiger partial charge in [-0.15, -0.1) is 11.3 Å². The highest BCUT2D eigenvalue weighted by Crippen LogP contribution is 2.50. The maximum Gasteiger partial charge on any atom is 0.164 e. The molecule has 4 nitrogen and oxygen atoms in total. The van der Waals surface area contributed by atoms with Gasteiger partial charge in [0.05, 0.1) is 0 Å². The second-order valence-corrected chi connectivity index (χ2v) is 15.5. The summed E-state index contributed by atoms with van der Waals surface area (Å²) >= 11 is 1.79. The molecule has 53 heavy (non-hydrogen) atoms. The molecule has 250 valence electrons. The number of rotatable bonds is 4. The lowest BCUT2D eigenvalue weighted by Gasteiger charge is -2.21. The summed E-state index contributed by atoms with van der Waals surface area (Å²) in [4.78, 5) is 15.6. The van der Waals surface area contributed by atoms with Gasteiger partial charge in [0.25, 0.3) is 0 Å². The molecule has 10 aromatic rings. The first kappa shape index (κ1) is 30.2. The van der Waals surface area contributed by atoms with Crippen LogP contribution in [0.5, 0.6) is 0 Å². The Bertz CT molecular complexity index is 3100. The van der Waals surface area contributed by atoms with E-state index in [0.29, 0.717) is 17.5 Å².